The highest BCUT2D eigenvalue weighted by Crippen LogP contribution is 2.38. The van der Waals surface area contributed by atoms with Gasteiger partial charge >= 0.3 is 0 Å². The summed E-state index contributed by atoms with van der Waals surface area (Å²) in [4.78, 5) is 26.2. The van der Waals surface area contributed by atoms with E-state index >= 15 is 0 Å². The molecule has 29 heavy (non-hydrogen) atoms. The number of ether oxygens (including phenoxy) is 1. The maximum atomic E-state index is 13.7. The highest BCUT2D eigenvalue weighted by Gasteiger charge is 2.37. The molecule has 2 amide bonds. The zero-order valence-corrected chi connectivity index (χ0v) is 18.1. The first-order valence-electron chi connectivity index (χ1n) is 8.94. The molecular weight excluding hydrogens is 436 g/mol. The van der Waals surface area contributed by atoms with E-state index in [0.717, 1.165) is 11.8 Å². The number of amides is 2. The highest BCUT2D eigenvalue weighted by molar-refractivity contribution is 8.18. The minimum atomic E-state index is -0.381. The van der Waals surface area contributed by atoms with Crippen LogP contribution in [0.2, 0.25) is 10.0 Å². The molecule has 152 valence electrons. The van der Waals surface area contributed by atoms with Crippen LogP contribution in [-0.2, 0) is 11.4 Å². The van der Waals surface area contributed by atoms with Crippen molar-refractivity contribution >= 4 is 52.2 Å². The van der Waals surface area contributed by atoms with Crippen molar-refractivity contribution in [1.29, 1.82) is 0 Å². The standard InChI is InChI=1S/C21H18Cl2FNO3S/c1-3-12(2)25-20(26)18(29-21(25)27)10-13-8-15(22)19(16(23)9-13)28-11-14-6-4-5-7-17(14)24/h4-10,12H,3,11H2,1-2H3/b18-10+/t12-/m1/s1. The molecule has 0 saturated carbocycles. The Morgan fingerprint density at radius 1 is 1.21 bits per heavy atom. The predicted molar refractivity (Wildman–Crippen MR) is 115 cm³/mol. The number of hydrogen-bond acceptors (Lipinski definition) is 4. The van der Waals surface area contributed by atoms with Crippen LogP contribution in [0.3, 0.4) is 0 Å². The number of carbonyl (C=O) groups excluding carboxylic acids is 2. The van der Waals surface area contributed by atoms with Crippen LogP contribution >= 0.6 is 35.0 Å². The molecule has 0 N–H and O–H groups in total. The highest BCUT2D eigenvalue weighted by atomic mass is 35.5. The fraction of sp³-hybridized carbons (Fsp3) is 0.238. The molecule has 1 saturated heterocycles. The average Bonchev–Trinajstić information content (AvgIpc) is 2.95. The Labute approximate surface area is 182 Å². The van der Waals surface area contributed by atoms with Gasteiger partial charge in [-0.05, 0) is 54.9 Å². The average molecular weight is 454 g/mol. The van der Waals surface area contributed by atoms with Gasteiger partial charge in [-0.2, -0.15) is 0 Å². The summed E-state index contributed by atoms with van der Waals surface area (Å²) in [6.45, 7) is 3.71. The van der Waals surface area contributed by atoms with Gasteiger partial charge in [0.1, 0.15) is 12.4 Å². The van der Waals surface area contributed by atoms with Gasteiger partial charge in [0.25, 0.3) is 11.1 Å². The predicted octanol–water partition coefficient (Wildman–Crippen LogP) is 6.55. The number of imide groups is 1. The Bertz CT molecular complexity index is 973. The lowest BCUT2D eigenvalue weighted by atomic mass is 10.1. The lowest BCUT2D eigenvalue weighted by molar-refractivity contribution is -0.124. The summed E-state index contributed by atoms with van der Waals surface area (Å²) in [5, 5.41) is 0.153. The first kappa shape index (κ1) is 21.7. The number of rotatable bonds is 6. The Balaban J connectivity index is 1.81. The molecule has 8 heteroatoms. The molecule has 0 spiro atoms. The second-order valence-electron chi connectivity index (χ2n) is 6.50. The van der Waals surface area contributed by atoms with E-state index in [1.54, 1.807) is 36.4 Å². The van der Waals surface area contributed by atoms with E-state index in [0.29, 0.717) is 22.5 Å². The summed E-state index contributed by atoms with van der Waals surface area (Å²) in [5.74, 6) is -0.490. The van der Waals surface area contributed by atoms with Gasteiger partial charge in [0.15, 0.2) is 5.75 Å². The number of halogens is 3. The van der Waals surface area contributed by atoms with E-state index in [9.17, 15) is 14.0 Å². The van der Waals surface area contributed by atoms with Crippen LogP contribution in [0.1, 0.15) is 31.4 Å². The number of nitrogens with zero attached hydrogens (tertiary/aromatic N) is 1. The lowest BCUT2D eigenvalue weighted by Gasteiger charge is -2.19. The molecule has 3 rings (SSSR count). The molecule has 0 bridgehead atoms. The zero-order chi connectivity index (χ0) is 21.1. The summed E-state index contributed by atoms with van der Waals surface area (Å²) in [6.07, 6.45) is 2.25. The van der Waals surface area contributed by atoms with E-state index in [-0.39, 0.29) is 45.4 Å². The summed E-state index contributed by atoms with van der Waals surface area (Å²) in [6, 6.07) is 9.26. The third-order valence-electron chi connectivity index (χ3n) is 4.50. The molecular formula is C21H18Cl2FNO3S. The van der Waals surface area contributed by atoms with Crippen molar-refractivity contribution in [3.8, 4) is 5.75 Å². The Hall–Kier alpha value is -2.02. The van der Waals surface area contributed by atoms with Crippen molar-refractivity contribution in [1.82, 2.24) is 4.90 Å². The first-order chi connectivity index (χ1) is 13.8. The number of carbonyl (C=O) groups is 2. The fourth-order valence-electron chi connectivity index (χ4n) is 2.76. The maximum Gasteiger partial charge on any atom is 0.293 e. The second kappa shape index (κ2) is 9.20. The molecule has 1 fully saturated rings. The van der Waals surface area contributed by atoms with Gasteiger partial charge in [-0.25, -0.2) is 4.39 Å². The van der Waals surface area contributed by atoms with Gasteiger partial charge in [-0.1, -0.05) is 48.3 Å². The van der Waals surface area contributed by atoms with Gasteiger partial charge < -0.3 is 4.74 Å². The van der Waals surface area contributed by atoms with Crippen molar-refractivity contribution in [2.45, 2.75) is 32.9 Å². The van der Waals surface area contributed by atoms with E-state index in [2.05, 4.69) is 0 Å². The van der Waals surface area contributed by atoms with E-state index in [1.807, 2.05) is 13.8 Å². The molecule has 1 aliphatic rings. The van der Waals surface area contributed by atoms with Gasteiger partial charge in [-0.3, -0.25) is 14.5 Å². The zero-order valence-electron chi connectivity index (χ0n) is 15.7. The van der Waals surface area contributed by atoms with Gasteiger partial charge in [0.2, 0.25) is 0 Å². The number of hydrogen-bond donors (Lipinski definition) is 0. The van der Waals surface area contributed by atoms with Crippen LogP contribution in [0, 0.1) is 5.82 Å². The van der Waals surface area contributed by atoms with Gasteiger partial charge in [0.05, 0.1) is 15.0 Å². The van der Waals surface area contributed by atoms with E-state index < -0.39 is 0 Å². The summed E-state index contributed by atoms with van der Waals surface area (Å²) in [5.41, 5.74) is 0.940. The van der Waals surface area contributed by atoms with Crippen LogP contribution in [0.4, 0.5) is 9.18 Å². The van der Waals surface area contributed by atoms with E-state index in [4.69, 9.17) is 27.9 Å². The molecule has 1 aliphatic heterocycles. The topological polar surface area (TPSA) is 46.6 Å². The van der Waals surface area contributed by atoms with Crippen LogP contribution in [0.5, 0.6) is 5.75 Å². The smallest absolute Gasteiger partial charge is 0.293 e. The third-order valence-corrected chi connectivity index (χ3v) is 5.95. The monoisotopic (exact) mass is 453 g/mol. The molecule has 0 aliphatic carbocycles. The molecule has 0 radical (unpaired) electrons. The van der Waals surface area contributed by atoms with Crippen molar-refractivity contribution in [3.05, 3.63) is 68.3 Å². The minimum Gasteiger partial charge on any atom is -0.486 e. The molecule has 1 atom stereocenters. The Kier molecular flexibility index (Phi) is 6.88. The minimum absolute atomic E-state index is 0.0285. The Morgan fingerprint density at radius 2 is 1.86 bits per heavy atom. The van der Waals surface area contributed by atoms with Crippen molar-refractivity contribution in [2.24, 2.45) is 0 Å². The molecule has 4 nitrogen and oxygen atoms in total. The van der Waals surface area contributed by atoms with Crippen molar-refractivity contribution < 1.29 is 18.7 Å². The largest absolute Gasteiger partial charge is 0.486 e. The summed E-state index contributed by atoms with van der Waals surface area (Å²) < 4.78 is 19.3. The molecule has 0 aromatic heterocycles. The molecule has 2 aromatic carbocycles. The van der Waals surface area contributed by atoms with E-state index in [1.165, 1.54) is 11.0 Å². The maximum absolute atomic E-state index is 13.7. The van der Waals surface area contributed by atoms with Crippen LogP contribution in [0.15, 0.2) is 41.3 Å². The Morgan fingerprint density at radius 3 is 2.48 bits per heavy atom. The third kappa shape index (κ3) is 4.77. The van der Waals surface area contributed by atoms with Crippen LogP contribution < -0.4 is 4.74 Å². The quantitative estimate of drug-likeness (QED) is 0.465. The number of thioether (sulfide) groups is 1. The fourth-order valence-corrected chi connectivity index (χ4v) is 4.30. The van der Waals surface area contributed by atoms with Crippen molar-refractivity contribution in [3.63, 3.8) is 0 Å². The first-order valence-corrected chi connectivity index (χ1v) is 10.5. The molecule has 1 heterocycles. The van der Waals surface area contributed by atoms with Crippen LogP contribution in [0.25, 0.3) is 6.08 Å². The summed E-state index contributed by atoms with van der Waals surface area (Å²) >= 11 is 13.5. The van der Waals surface area contributed by atoms with Crippen molar-refractivity contribution in [2.75, 3.05) is 0 Å². The molecule has 2 aromatic rings. The number of benzene rings is 2. The van der Waals surface area contributed by atoms with Gasteiger partial charge in [-0.15, -0.1) is 0 Å². The SMILES string of the molecule is CC[C@@H](C)N1C(=O)S/C(=C/c2cc(Cl)c(OCc3ccccc3F)c(Cl)c2)C1=O. The summed E-state index contributed by atoms with van der Waals surface area (Å²) in [7, 11) is 0. The van der Waals surface area contributed by atoms with Crippen LogP contribution in [-0.4, -0.2) is 22.1 Å². The normalized spacial score (nSPS) is 16.6. The van der Waals surface area contributed by atoms with Gasteiger partial charge in [0, 0.05) is 11.6 Å². The second-order valence-corrected chi connectivity index (χ2v) is 8.31. The lowest BCUT2D eigenvalue weighted by Crippen LogP contribution is -2.36. The molecule has 0 unspecified atom stereocenters.